The van der Waals surface area contributed by atoms with E-state index in [4.69, 9.17) is 0 Å². The van der Waals surface area contributed by atoms with Gasteiger partial charge in [0, 0.05) is 6.54 Å². The van der Waals surface area contributed by atoms with Crippen molar-refractivity contribution in [2.45, 2.75) is 46.6 Å². The van der Waals surface area contributed by atoms with E-state index in [1.54, 1.807) is 0 Å². The summed E-state index contributed by atoms with van der Waals surface area (Å²) in [4.78, 5) is 4.39. The lowest BCUT2D eigenvalue weighted by Crippen LogP contribution is -2.38. The van der Waals surface area contributed by atoms with Gasteiger partial charge in [0.25, 0.3) is 0 Å². The predicted molar refractivity (Wildman–Crippen MR) is 69.0 cm³/mol. The summed E-state index contributed by atoms with van der Waals surface area (Å²) >= 11 is 0. The fourth-order valence-electron chi connectivity index (χ4n) is 2.52. The SMILES string of the molecule is Cc1nc(C)n(C2CCC2CNCC(C)C)n1. The molecule has 1 aromatic heterocycles. The number of nitrogens with one attached hydrogen (secondary N) is 1. The van der Waals surface area contributed by atoms with Gasteiger partial charge >= 0.3 is 0 Å². The Morgan fingerprint density at radius 2 is 2.12 bits per heavy atom. The molecule has 1 aromatic rings. The van der Waals surface area contributed by atoms with Crippen molar-refractivity contribution in [1.82, 2.24) is 20.1 Å². The van der Waals surface area contributed by atoms with Crippen LogP contribution < -0.4 is 5.32 Å². The zero-order valence-electron chi connectivity index (χ0n) is 11.4. The minimum absolute atomic E-state index is 0.566. The number of hydrogen-bond donors (Lipinski definition) is 1. The third-order valence-corrected chi connectivity index (χ3v) is 3.56. The van der Waals surface area contributed by atoms with Gasteiger partial charge in [0.1, 0.15) is 11.6 Å². The van der Waals surface area contributed by atoms with Gasteiger partial charge in [-0.2, -0.15) is 5.10 Å². The van der Waals surface area contributed by atoms with Crippen molar-refractivity contribution in [1.29, 1.82) is 0 Å². The lowest BCUT2D eigenvalue weighted by molar-refractivity contribution is 0.158. The van der Waals surface area contributed by atoms with Crippen molar-refractivity contribution >= 4 is 0 Å². The second kappa shape index (κ2) is 5.17. The second-order valence-electron chi connectivity index (χ2n) is 5.61. The van der Waals surface area contributed by atoms with E-state index in [9.17, 15) is 0 Å². The average molecular weight is 236 g/mol. The molecular formula is C13H24N4. The Kier molecular flexibility index (Phi) is 3.82. The fraction of sp³-hybridized carbons (Fsp3) is 0.846. The van der Waals surface area contributed by atoms with Crippen molar-refractivity contribution in [3.63, 3.8) is 0 Å². The predicted octanol–water partition coefficient (Wildman–Crippen LogP) is 2.09. The van der Waals surface area contributed by atoms with Crippen molar-refractivity contribution in [3.8, 4) is 0 Å². The molecule has 4 nitrogen and oxygen atoms in total. The first kappa shape index (κ1) is 12.6. The van der Waals surface area contributed by atoms with E-state index >= 15 is 0 Å². The Bertz CT molecular complexity index is 369. The van der Waals surface area contributed by atoms with Gasteiger partial charge < -0.3 is 5.32 Å². The van der Waals surface area contributed by atoms with Crippen LogP contribution in [0.4, 0.5) is 0 Å². The van der Waals surface area contributed by atoms with Crippen molar-refractivity contribution in [2.75, 3.05) is 13.1 Å². The molecule has 1 heterocycles. The Hall–Kier alpha value is -0.900. The number of rotatable bonds is 5. The third kappa shape index (κ3) is 2.86. The number of hydrogen-bond acceptors (Lipinski definition) is 3. The minimum atomic E-state index is 0.566. The number of aromatic nitrogens is 3. The maximum atomic E-state index is 4.50. The quantitative estimate of drug-likeness (QED) is 0.851. The van der Waals surface area contributed by atoms with Crippen molar-refractivity contribution in [2.24, 2.45) is 11.8 Å². The molecule has 4 heteroatoms. The molecule has 1 fully saturated rings. The largest absolute Gasteiger partial charge is 0.316 e. The zero-order valence-corrected chi connectivity index (χ0v) is 11.4. The summed E-state index contributed by atoms with van der Waals surface area (Å²) in [5, 5.41) is 8.05. The maximum Gasteiger partial charge on any atom is 0.147 e. The van der Waals surface area contributed by atoms with Crippen LogP contribution in [0.15, 0.2) is 0 Å². The molecule has 96 valence electrons. The van der Waals surface area contributed by atoms with Gasteiger partial charge in [-0.25, -0.2) is 9.67 Å². The molecule has 0 saturated heterocycles. The first-order valence-electron chi connectivity index (χ1n) is 6.68. The summed E-state index contributed by atoms with van der Waals surface area (Å²) in [6.07, 6.45) is 2.56. The molecule has 0 bridgehead atoms. The van der Waals surface area contributed by atoms with E-state index in [0.717, 1.165) is 36.6 Å². The van der Waals surface area contributed by atoms with Gasteiger partial charge in [0.05, 0.1) is 6.04 Å². The summed E-state index contributed by atoms with van der Waals surface area (Å²) in [5.41, 5.74) is 0. The van der Waals surface area contributed by atoms with Gasteiger partial charge in [-0.15, -0.1) is 0 Å². The Morgan fingerprint density at radius 1 is 1.35 bits per heavy atom. The standard InChI is InChI=1S/C13H24N4/c1-9(2)7-14-8-12-5-6-13(12)17-11(4)15-10(3)16-17/h9,12-14H,5-8H2,1-4H3. The summed E-state index contributed by atoms with van der Waals surface area (Å²) < 4.78 is 2.13. The average Bonchev–Trinajstić information content (AvgIpc) is 2.51. The van der Waals surface area contributed by atoms with E-state index in [1.165, 1.54) is 12.8 Å². The van der Waals surface area contributed by atoms with E-state index in [-0.39, 0.29) is 0 Å². The van der Waals surface area contributed by atoms with Crippen molar-refractivity contribution in [3.05, 3.63) is 11.6 Å². The molecule has 1 N–H and O–H groups in total. The van der Waals surface area contributed by atoms with Crippen LogP contribution in [0, 0.1) is 25.7 Å². The highest BCUT2D eigenvalue weighted by molar-refractivity contribution is 4.96. The molecular weight excluding hydrogens is 212 g/mol. The van der Waals surface area contributed by atoms with Crippen LogP contribution in [-0.4, -0.2) is 27.9 Å². The lowest BCUT2D eigenvalue weighted by Gasteiger charge is -2.37. The second-order valence-corrected chi connectivity index (χ2v) is 5.61. The van der Waals surface area contributed by atoms with Crippen molar-refractivity contribution < 1.29 is 0 Å². The van der Waals surface area contributed by atoms with Crippen LogP contribution in [0.25, 0.3) is 0 Å². The molecule has 0 spiro atoms. The molecule has 0 radical (unpaired) electrons. The van der Waals surface area contributed by atoms with Crippen LogP contribution in [0.1, 0.15) is 44.4 Å². The molecule has 1 saturated carbocycles. The van der Waals surface area contributed by atoms with Gasteiger partial charge in [-0.3, -0.25) is 0 Å². The van der Waals surface area contributed by atoms with E-state index in [2.05, 4.69) is 40.9 Å². The molecule has 1 aliphatic rings. The highest BCUT2D eigenvalue weighted by atomic mass is 15.4. The Balaban J connectivity index is 1.88. The zero-order chi connectivity index (χ0) is 12.4. The minimum Gasteiger partial charge on any atom is -0.316 e. The van der Waals surface area contributed by atoms with Gasteiger partial charge in [-0.05, 0) is 45.1 Å². The summed E-state index contributed by atoms with van der Waals surface area (Å²) in [6, 6.07) is 0.566. The van der Waals surface area contributed by atoms with Crippen LogP contribution in [0.3, 0.4) is 0 Å². The molecule has 0 amide bonds. The monoisotopic (exact) mass is 236 g/mol. The summed E-state index contributed by atoms with van der Waals surface area (Å²) in [7, 11) is 0. The topological polar surface area (TPSA) is 42.7 Å². The van der Waals surface area contributed by atoms with Crippen LogP contribution in [0.5, 0.6) is 0 Å². The van der Waals surface area contributed by atoms with E-state index in [1.807, 2.05) is 6.92 Å². The van der Waals surface area contributed by atoms with E-state index < -0.39 is 0 Å². The van der Waals surface area contributed by atoms with Crippen LogP contribution >= 0.6 is 0 Å². The normalized spacial score (nSPS) is 24.1. The number of aryl methyl sites for hydroxylation is 2. The third-order valence-electron chi connectivity index (χ3n) is 3.56. The lowest BCUT2D eigenvalue weighted by atomic mass is 9.79. The summed E-state index contributed by atoms with van der Waals surface area (Å²) in [6.45, 7) is 10.7. The fourth-order valence-corrected chi connectivity index (χ4v) is 2.52. The molecule has 2 rings (SSSR count). The van der Waals surface area contributed by atoms with E-state index in [0.29, 0.717) is 6.04 Å². The van der Waals surface area contributed by atoms with Gasteiger partial charge in [-0.1, -0.05) is 13.8 Å². The Labute approximate surface area is 104 Å². The molecule has 0 aliphatic heterocycles. The molecule has 2 atom stereocenters. The van der Waals surface area contributed by atoms with Crippen LogP contribution in [-0.2, 0) is 0 Å². The molecule has 2 unspecified atom stereocenters. The van der Waals surface area contributed by atoms with Crippen LogP contribution in [0.2, 0.25) is 0 Å². The Morgan fingerprint density at radius 3 is 2.59 bits per heavy atom. The molecule has 0 aromatic carbocycles. The first-order valence-corrected chi connectivity index (χ1v) is 6.68. The highest BCUT2D eigenvalue weighted by Gasteiger charge is 2.33. The highest BCUT2D eigenvalue weighted by Crippen LogP contribution is 2.38. The molecule has 1 aliphatic carbocycles. The molecule has 17 heavy (non-hydrogen) atoms. The number of nitrogens with zero attached hydrogens (tertiary/aromatic N) is 3. The smallest absolute Gasteiger partial charge is 0.147 e. The summed E-state index contributed by atoms with van der Waals surface area (Å²) in [5.74, 6) is 3.40. The first-order chi connectivity index (χ1) is 8.08. The maximum absolute atomic E-state index is 4.50. The van der Waals surface area contributed by atoms with Gasteiger partial charge in [0.2, 0.25) is 0 Å². The van der Waals surface area contributed by atoms with Gasteiger partial charge in [0.15, 0.2) is 0 Å².